The van der Waals surface area contributed by atoms with Crippen LogP contribution >= 0.6 is 11.3 Å². The number of benzene rings is 1. The fourth-order valence-electron chi connectivity index (χ4n) is 4.50. The lowest BCUT2D eigenvalue weighted by Gasteiger charge is -2.38. The summed E-state index contributed by atoms with van der Waals surface area (Å²) >= 11 is 1.28. The molecule has 1 atom stereocenters. The van der Waals surface area contributed by atoms with Gasteiger partial charge in [0.15, 0.2) is 10.8 Å². The van der Waals surface area contributed by atoms with E-state index in [4.69, 9.17) is 0 Å². The topological polar surface area (TPSA) is 63.0 Å². The third-order valence-corrected chi connectivity index (χ3v) is 7.87. The average molecular weight is 518 g/mol. The second kappa shape index (κ2) is 8.39. The van der Waals surface area contributed by atoms with Crippen molar-refractivity contribution < 1.29 is 17.6 Å². The Morgan fingerprint density at radius 2 is 1.92 bits per heavy atom. The minimum absolute atomic E-state index is 0.0229. The summed E-state index contributed by atoms with van der Waals surface area (Å²) in [5.74, 6) is -5.28. The number of nitrogens with zero attached hydrogens (tertiary/aromatic N) is 7. The molecule has 1 saturated carbocycles. The first-order chi connectivity index (χ1) is 17.2. The Kier molecular flexibility index (Phi) is 5.39. The van der Waals surface area contributed by atoms with Crippen LogP contribution < -0.4 is 9.80 Å². The van der Waals surface area contributed by atoms with Gasteiger partial charge in [-0.15, -0.1) is 0 Å². The van der Waals surface area contributed by atoms with Crippen LogP contribution in [0, 0.1) is 11.6 Å². The van der Waals surface area contributed by atoms with Crippen molar-refractivity contribution >= 4 is 32.8 Å². The van der Waals surface area contributed by atoms with Crippen molar-refractivity contribution in [1.29, 1.82) is 0 Å². The minimum Gasteiger partial charge on any atom is -0.354 e. The van der Waals surface area contributed by atoms with Gasteiger partial charge in [-0.3, -0.25) is 4.68 Å². The maximum atomic E-state index is 15.0. The molecule has 2 fully saturated rings. The van der Waals surface area contributed by atoms with E-state index in [0.717, 1.165) is 25.0 Å². The van der Waals surface area contributed by atoms with Crippen molar-refractivity contribution in [3.8, 4) is 11.3 Å². The Hall–Kier alpha value is -3.28. The molecular weight excluding hydrogens is 494 g/mol. The van der Waals surface area contributed by atoms with E-state index in [9.17, 15) is 8.78 Å². The normalized spacial score (nSPS) is 19.7. The third-order valence-electron chi connectivity index (χ3n) is 6.66. The van der Waals surface area contributed by atoms with E-state index in [-0.39, 0.29) is 36.7 Å². The number of halogens is 4. The van der Waals surface area contributed by atoms with E-state index < -0.39 is 23.5 Å². The molecule has 1 aliphatic heterocycles. The van der Waals surface area contributed by atoms with Crippen LogP contribution in [0.3, 0.4) is 0 Å². The van der Waals surface area contributed by atoms with E-state index in [1.54, 1.807) is 20.7 Å². The molecule has 0 spiro atoms. The highest BCUT2D eigenvalue weighted by atomic mass is 32.1. The summed E-state index contributed by atoms with van der Waals surface area (Å²) in [5.41, 5.74) is 1.17. The minimum atomic E-state index is -2.91. The summed E-state index contributed by atoms with van der Waals surface area (Å²) in [6.45, 7) is 0.00661. The van der Waals surface area contributed by atoms with E-state index in [0.29, 0.717) is 27.1 Å². The van der Waals surface area contributed by atoms with Crippen molar-refractivity contribution in [2.45, 2.75) is 37.1 Å². The lowest BCUT2D eigenvalue weighted by molar-refractivity contribution is -0.0425. The fraction of sp³-hybridized carbons (Fsp3) is 0.417. The molecule has 188 valence electrons. The summed E-state index contributed by atoms with van der Waals surface area (Å²) in [6, 6.07) is 3.58. The number of rotatable bonds is 5. The number of thiazole rings is 1. The molecule has 0 N–H and O–H groups in total. The van der Waals surface area contributed by atoms with Crippen LogP contribution in [-0.2, 0) is 0 Å². The molecule has 0 radical (unpaired) electrons. The monoisotopic (exact) mass is 517 g/mol. The van der Waals surface area contributed by atoms with Crippen LogP contribution in [0.5, 0.6) is 0 Å². The van der Waals surface area contributed by atoms with Crippen LogP contribution in [0.2, 0.25) is 0 Å². The highest BCUT2D eigenvalue weighted by Crippen LogP contribution is 2.43. The Balaban J connectivity index is 1.42. The van der Waals surface area contributed by atoms with Gasteiger partial charge in [-0.2, -0.15) is 15.1 Å². The molecule has 36 heavy (non-hydrogen) atoms. The Morgan fingerprint density at radius 3 is 2.64 bits per heavy atom. The molecule has 0 amide bonds. The quantitative estimate of drug-likeness (QED) is 0.337. The Morgan fingerprint density at radius 1 is 1.11 bits per heavy atom. The first kappa shape index (κ1) is 23.1. The van der Waals surface area contributed by atoms with Gasteiger partial charge in [0.2, 0.25) is 5.95 Å². The second-order valence-electron chi connectivity index (χ2n) is 9.53. The number of hydrogen-bond donors (Lipinski definition) is 0. The van der Waals surface area contributed by atoms with Crippen molar-refractivity contribution in [3.63, 3.8) is 0 Å². The van der Waals surface area contributed by atoms with Crippen LogP contribution in [0.15, 0.2) is 30.6 Å². The number of piperidine rings is 1. The lowest BCUT2D eigenvalue weighted by atomic mass is 9.89. The van der Waals surface area contributed by atoms with Crippen molar-refractivity contribution in [2.75, 3.05) is 37.0 Å². The summed E-state index contributed by atoms with van der Waals surface area (Å²) in [4.78, 5) is 17.2. The van der Waals surface area contributed by atoms with Gasteiger partial charge in [0.25, 0.3) is 5.92 Å². The summed E-state index contributed by atoms with van der Waals surface area (Å²) in [6.07, 6.45) is 4.87. The summed E-state index contributed by atoms with van der Waals surface area (Å²) in [5, 5.41) is 4.93. The third kappa shape index (κ3) is 4.06. The number of anilines is 2. The second-order valence-corrected chi connectivity index (χ2v) is 10.5. The zero-order valence-corrected chi connectivity index (χ0v) is 20.4. The van der Waals surface area contributed by atoms with Crippen molar-refractivity contribution in [3.05, 3.63) is 47.8 Å². The van der Waals surface area contributed by atoms with Crippen molar-refractivity contribution in [1.82, 2.24) is 24.7 Å². The number of hydrogen-bond acceptors (Lipinski definition) is 7. The highest BCUT2D eigenvalue weighted by molar-refractivity contribution is 7.22. The number of fused-ring (bicyclic) bond motifs is 1. The molecule has 4 aromatic rings. The molecule has 1 saturated heterocycles. The molecular formula is C24H23F4N7S. The number of aromatic nitrogens is 5. The van der Waals surface area contributed by atoms with E-state index in [1.807, 2.05) is 14.1 Å². The molecule has 3 aromatic heterocycles. The van der Waals surface area contributed by atoms with Gasteiger partial charge in [0.1, 0.15) is 16.3 Å². The van der Waals surface area contributed by atoms with Gasteiger partial charge >= 0.3 is 0 Å². The van der Waals surface area contributed by atoms with Crippen LogP contribution in [0.1, 0.15) is 36.8 Å². The maximum Gasteiger partial charge on any atom is 0.258 e. The Labute approximate surface area is 208 Å². The summed E-state index contributed by atoms with van der Waals surface area (Å²) in [7, 11) is 3.65. The molecule has 1 unspecified atom stereocenters. The highest BCUT2D eigenvalue weighted by Gasteiger charge is 2.46. The molecule has 6 rings (SSSR count). The molecule has 1 aromatic carbocycles. The maximum absolute atomic E-state index is 15.0. The van der Waals surface area contributed by atoms with Gasteiger partial charge in [0.05, 0.1) is 23.9 Å². The molecule has 1 aliphatic carbocycles. The van der Waals surface area contributed by atoms with Gasteiger partial charge in [-0.25, -0.2) is 22.5 Å². The van der Waals surface area contributed by atoms with Crippen LogP contribution in [-0.4, -0.2) is 57.8 Å². The van der Waals surface area contributed by atoms with Crippen LogP contribution in [0.4, 0.5) is 28.6 Å². The van der Waals surface area contributed by atoms with Crippen molar-refractivity contribution in [2.24, 2.45) is 0 Å². The molecule has 7 nitrogen and oxygen atoms in total. The van der Waals surface area contributed by atoms with Gasteiger partial charge in [-0.1, -0.05) is 11.3 Å². The first-order valence-corrected chi connectivity index (χ1v) is 12.5. The van der Waals surface area contributed by atoms with E-state index >= 15 is 8.78 Å². The first-order valence-electron chi connectivity index (χ1n) is 11.7. The standard InChI is InChI=1S/C24H23F4N7S/c1-33(2)23-32-21-20(36-23)19(16-6-3-14(25)9-18(16)26)30-22(31-21)34-8-7-24(27,28)17(12-34)13-10-29-35(11-13)15-4-5-15/h3,6,9-11,15,17H,4-5,7-8,12H2,1-2H3. The predicted octanol–water partition coefficient (Wildman–Crippen LogP) is 5.26. The average Bonchev–Trinajstić information content (AvgIpc) is 3.39. The predicted molar refractivity (Wildman–Crippen MR) is 130 cm³/mol. The van der Waals surface area contributed by atoms with Gasteiger partial charge in [-0.05, 0) is 25.0 Å². The fourth-order valence-corrected chi connectivity index (χ4v) is 5.44. The van der Waals surface area contributed by atoms with E-state index in [1.165, 1.54) is 23.6 Å². The van der Waals surface area contributed by atoms with Crippen LogP contribution in [0.25, 0.3) is 21.6 Å². The van der Waals surface area contributed by atoms with Gasteiger partial charge in [0, 0.05) is 57.0 Å². The Bertz CT molecular complexity index is 1450. The smallest absolute Gasteiger partial charge is 0.258 e. The van der Waals surface area contributed by atoms with Gasteiger partial charge < -0.3 is 9.80 Å². The zero-order chi connectivity index (χ0) is 25.2. The molecule has 4 heterocycles. The SMILES string of the molecule is CN(C)c1nc2nc(N3CCC(F)(F)C(c4cnn(C5CC5)c4)C3)nc(-c3ccc(F)cc3F)c2s1. The molecule has 0 bridgehead atoms. The lowest BCUT2D eigenvalue weighted by Crippen LogP contribution is -2.46. The van der Waals surface area contributed by atoms with E-state index in [2.05, 4.69) is 20.1 Å². The zero-order valence-electron chi connectivity index (χ0n) is 19.6. The molecule has 12 heteroatoms. The number of alkyl halides is 2. The largest absolute Gasteiger partial charge is 0.354 e. The summed E-state index contributed by atoms with van der Waals surface area (Å²) < 4.78 is 60.8. The molecule has 2 aliphatic rings.